The number of hydrogen-bond donors (Lipinski definition) is 0. The summed E-state index contributed by atoms with van der Waals surface area (Å²) in [6.45, 7) is -0.357. The van der Waals surface area contributed by atoms with Crippen LogP contribution in [-0.2, 0) is 14.3 Å². The van der Waals surface area contributed by atoms with Crippen LogP contribution in [0.1, 0.15) is 24.4 Å². The van der Waals surface area contributed by atoms with E-state index in [0.717, 1.165) is 19.4 Å². The third kappa shape index (κ3) is 9.27. The van der Waals surface area contributed by atoms with Gasteiger partial charge in [-0.25, -0.2) is 8.78 Å². The van der Waals surface area contributed by atoms with E-state index in [1.807, 2.05) is 18.4 Å². The Balaban J connectivity index is 0.000000761. The first-order valence-corrected chi connectivity index (χ1v) is 12.9. The van der Waals surface area contributed by atoms with Crippen molar-refractivity contribution in [2.45, 2.75) is 24.8 Å². The molecule has 0 spiro atoms. The Kier molecular flexibility index (Phi) is 13.7. The van der Waals surface area contributed by atoms with E-state index in [9.17, 15) is 27.6 Å². The molecule has 1 unspecified atom stereocenters. The van der Waals surface area contributed by atoms with Crippen LogP contribution in [0.25, 0.3) is 0 Å². The molecule has 1 fully saturated rings. The molecule has 0 aliphatic heterocycles. The van der Waals surface area contributed by atoms with Gasteiger partial charge >= 0.3 is 214 Å². The Bertz CT molecular complexity index is 1010. The monoisotopic (exact) mass is 731 g/mol. The van der Waals surface area contributed by atoms with Gasteiger partial charge in [-0.3, -0.25) is 0 Å². The summed E-state index contributed by atoms with van der Waals surface area (Å²) < 4.78 is 42.3. The maximum absolute atomic E-state index is 13.8. The number of carbonyl (C=O) groups excluding carboxylic acids is 3. The van der Waals surface area contributed by atoms with Crippen LogP contribution >= 0.6 is 21.2 Å². The second-order valence-corrected chi connectivity index (χ2v) is 9.40. The van der Waals surface area contributed by atoms with Crippen molar-refractivity contribution in [2.24, 2.45) is 0 Å². The van der Waals surface area contributed by atoms with Crippen molar-refractivity contribution < 1.29 is 73.1 Å². The van der Waals surface area contributed by atoms with Gasteiger partial charge in [-0.1, -0.05) is 0 Å². The average Bonchev–Trinajstić information content (AvgIpc) is 2.81. The number of halogens is 4. The number of alkyl halides is 2. The summed E-state index contributed by atoms with van der Waals surface area (Å²) in [5.41, 5.74) is 0.782. The van der Waals surface area contributed by atoms with Crippen molar-refractivity contribution in [1.29, 1.82) is 0 Å². The van der Waals surface area contributed by atoms with Crippen molar-refractivity contribution in [1.82, 2.24) is 4.90 Å². The topological polar surface area (TPSA) is 66.9 Å². The Morgan fingerprint density at radius 1 is 1.23 bits per heavy atom. The van der Waals surface area contributed by atoms with E-state index < -0.39 is 51.0 Å². The minimum Gasteiger partial charge on any atom is 3.00 e. The van der Waals surface area contributed by atoms with Crippen molar-refractivity contribution in [3.63, 3.8) is 0 Å². The molecule has 11 heteroatoms. The van der Waals surface area contributed by atoms with Gasteiger partial charge in [0, 0.05) is 0 Å². The largest absolute Gasteiger partial charge is 3.00 e. The number of amides is 2. The summed E-state index contributed by atoms with van der Waals surface area (Å²) in [4.78, 5) is 42.8. The Morgan fingerprint density at radius 3 is 2.34 bits per heavy atom. The Hall–Kier alpha value is -1.28. The van der Waals surface area contributed by atoms with Crippen LogP contribution < -0.4 is 4.90 Å². The van der Waals surface area contributed by atoms with Gasteiger partial charge in [-0.15, -0.1) is 12.8 Å². The number of hydrogen-bond acceptors (Lipinski definition) is 4. The number of nitrogens with zero attached hydrogens (tertiary/aromatic N) is 2. The first-order valence-electron chi connectivity index (χ1n) is 10.1. The molecule has 2 amide bonds. The third-order valence-electron chi connectivity index (χ3n) is 4.84. The number of benzene rings is 2. The van der Waals surface area contributed by atoms with Crippen molar-refractivity contribution in [2.75, 3.05) is 25.6 Å². The molecule has 2 aromatic rings. The molecule has 1 aliphatic carbocycles. The van der Waals surface area contributed by atoms with Crippen LogP contribution in [0.2, 0.25) is 0 Å². The van der Waals surface area contributed by atoms with Gasteiger partial charge in [0.1, 0.15) is 0 Å². The van der Waals surface area contributed by atoms with Crippen LogP contribution in [0.15, 0.2) is 48.5 Å². The maximum atomic E-state index is 13.8. The van der Waals surface area contributed by atoms with E-state index >= 15 is 0 Å². The molecule has 0 saturated heterocycles. The van der Waals surface area contributed by atoms with Crippen LogP contribution in [0.3, 0.4) is 0 Å². The molecule has 1 saturated carbocycles. The molecular formula is C24H25F3IN2NdO4. The molecular weight excluding hydrogens is 708 g/mol. The van der Waals surface area contributed by atoms with E-state index in [1.165, 1.54) is 32.4 Å². The molecule has 0 N–H and O–H groups in total. The van der Waals surface area contributed by atoms with Crippen LogP contribution in [0, 0.1) is 61.6 Å². The van der Waals surface area contributed by atoms with E-state index in [0.29, 0.717) is 5.56 Å². The van der Waals surface area contributed by atoms with Crippen molar-refractivity contribution in [3.05, 3.63) is 74.8 Å². The van der Waals surface area contributed by atoms with Crippen molar-refractivity contribution >= 4 is 45.2 Å². The average molecular weight is 734 g/mol. The van der Waals surface area contributed by atoms with E-state index in [1.54, 1.807) is 18.6 Å². The first-order chi connectivity index (χ1) is 16.1. The molecule has 0 aromatic heterocycles. The van der Waals surface area contributed by atoms with Crippen LogP contribution in [0.4, 0.5) is 23.7 Å². The first kappa shape index (κ1) is 31.8. The van der Waals surface area contributed by atoms with Crippen molar-refractivity contribution in [3.8, 4) is 0 Å². The van der Waals surface area contributed by atoms with Gasteiger partial charge < -0.3 is 6.42 Å². The number of likely N-dealkylation sites (N-methyl/N-ethyl adjacent to an activating group) is 1. The standard InChI is InChI=1S/C20H20FIN2O4.C4H5F2.Nd/c1-22-17-10-5-4-9-16(17)18(13-25)24(15-8-6-7-14(21)11-15)19(26)12-23(2)20(27)28-3;5-4(6)2-1-3-4;/h4-11,18,22H,1,12H2,2-3H3;1H,2-3H2;/q-2;-1;+3. The minimum atomic E-state index is -2.33. The number of anilines is 1. The van der Waals surface area contributed by atoms with Gasteiger partial charge in [-0.2, -0.15) is 0 Å². The quantitative estimate of drug-likeness (QED) is 0.298. The number of rotatable bonds is 7. The van der Waals surface area contributed by atoms with Gasteiger partial charge in [-0.05, 0) is 0 Å². The molecule has 1 atom stereocenters. The zero-order valence-electron chi connectivity index (χ0n) is 19.2. The summed E-state index contributed by atoms with van der Waals surface area (Å²) in [5.74, 6) is -3.47. The van der Waals surface area contributed by atoms with E-state index in [-0.39, 0.29) is 65.9 Å². The number of ether oxygens (including phenoxy) is 1. The molecule has 35 heavy (non-hydrogen) atoms. The third-order valence-corrected chi connectivity index (χ3v) is 6.79. The molecule has 0 heterocycles. The minimum absolute atomic E-state index is 0. The van der Waals surface area contributed by atoms with Gasteiger partial charge in [0.15, 0.2) is 5.92 Å². The molecule has 2 aromatic carbocycles. The van der Waals surface area contributed by atoms with Crippen LogP contribution in [-0.4, -0.2) is 49.8 Å². The second kappa shape index (κ2) is 15.1. The van der Waals surface area contributed by atoms with Gasteiger partial charge in [0.05, 0.1) is 0 Å². The molecule has 0 bridgehead atoms. The summed E-state index contributed by atoms with van der Waals surface area (Å²) in [6, 6.07) is 11.4. The smallest absolute Gasteiger partial charge is 3.00 e. The fourth-order valence-corrected chi connectivity index (χ4v) is 4.51. The fourth-order valence-electron chi connectivity index (χ4n) is 3.02. The number of carbonyl (C=O) groups is 2. The van der Waals surface area contributed by atoms with Gasteiger partial charge in [0.2, 0.25) is 0 Å². The van der Waals surface area contributed by atoms with Crippen LogP contribution in [0.5, 0.6) is 0 Å². The normalized spacial score (nSPS) is 14.2. The predicted octanol–water partition coefficient (Wildman–Crippen LogP) is 4.99. The summed E-state index contributed by atoms with van der Waals surface area (Å²) in [6.07, 6.45) is 2.76. The number of methoxy groups -OCH3 is 1. The molecule has 1 aliphatic rings. The second-order valence-electron chi connectivity index (χ2n) is 7.33. The summed E-state index contributed by atoms with van der Waals surface area (Å²) in [5, 5.41) is 0. The molecule has 3 rings (SSSR count). The predicted molar refractivity (Wildman–Crippen MR) is 132 cm³/mol. The summed E-state index contributed by atoms with van der Waals surface area (Å²) in [7, 11) is 2.59. The molecule has 1 radical (unpaired) electrons. The summed E-state index contributed by atoms with van der Waals surface area (Å²) >= 11 is -0.816. The maximum Gasteiger partial charge on any atom is 3.00 e. The zero-order valence-corrected chi connectivity index (χ0v) is 24.7. The Morgan fingerprint density at radius 2 is 1.86 bits per heavy atom. The van der Waals surface area contributed by atoms with Gasteiger partial charge in [0.25, 0.3) is 0 Å². The Labute approximate surface area is 246 Å². The van der Waals surface area contributed by atoms with E-state index in [2.05, 4.69) is 9.67 Å². The fraction of sp³-hybridized carbons (Fsp3) is 0.292. The SMILES string of the molecule is FC1(F)C[CH-]C1.[CH2-][IH]c1ccccc1C([C-]=O)N(C(=O)CN(C)C(=O)OC)c1cccc(F)c1.[Nd+3]. The molecule has 187 valence electrons. The molecule has 6 nitrogen and oxygen atoms in total. The van der Waals surface area contributed by atoms with E-state index in [4.69, 9.17) is 0 Å². The zero-order chi connectivity index (χ0) is 25.3.